The van der Waals surface area contributed by atoms with Gasteiger partial charge in [0.2, 0.25) is 11.8 Å². The zero-order valence-corrected chi connectivity index (χ0v) is 17.0. The Labute approximate surface area is 178 Å². The summed E-state index contributed by atoms with van der Waals surface area (Å²) in [5.41, 5.74) is 2.38. The molecule has 1 atom stereocenters. The maximum atomic E-state index is 13.0. The average molecular weight is 420 g/mol. The quantitative estimate of drug-likeness (QED) is 0.821. The van der Waals surface area contributed by atoms with E-state index in [1.54, 1.807) is 58.3 Å². The summed E-state index contributed by atoms with van der Waals surface area (Å²) in [7, 11) is 0. The number of benzene rings is 2. The highest BCUT2D eigenvalue weighted by Crippen LogP contribution is 2.26. The smallest absolute Gasteiger partial charge is 0.255 e. The van der Waals surface area contributed by atoms with E-state index in [1.807, 2.05) is 6.07 Å². The molecule has 1 N–H and O–H groups in total. The summed E-state index contributed by atoms with van der Waals surface area (Å²) in [6, 6.07) is 15.1. The minimum absolute atomic E-state index is 0.101. The van der Waals surface area contributed by atoms with Gasteiger partial charge in [0.25, 0.3) is 5.91 Å². The highest BCUT2D eigenvalue weighted by Gasteiger charge is 2.35. The highest BCUT2D eigenvalue weighted by atomic mass is 32.2. The molecule has 0 radical (unpaired) electrons. The van der Waals surface area contributed by atoms with E-state index in [-0.39, 0.29) is 17.7 Å². The van der Waals surface area contributed by atoms with Gasteiger partial charge in [-0.2, -0.15) is 5.26 Å². The maximum Gasteiger partial charge on any atom is 0.255 e. The summed E-state index contributed by atoms with van der Waals surface area (Å²) in [5.74, 6) is 0.603. The van der Waals surface area contributed by atoms with Crippen molar-refractivity contribution in [2.24, 2.45) is 0 Å². The van der Waals surface area contributed by atoms with Crippen molar-refractivity contribution < 1.29 is 14.4 Å². The number of anilines is 2. The van der Waals surface area contributed by atoms with Gasteiger partial charge in [-0.25, -0.2) is 0 Å². The third kappa shape index (κ3) is 4.02. The molecule has 2 heterocycles. The first-order chi connectivity index (χ1) is 14.6. The van der Waals surface area contributed by atoms with Crippen molar-refractivity contribution >= 4 is 40.9 Å². The molecule has 2 aromatic rings. The van der Waals surface area contributed by atoms with Gasteiger partial charge >= 0.3 is 0 Å². The minimum Gasteiger partial charge on any atom is -0.324 e. The molecule has 152 valence electrons. The molecule has 1 unspecified atom stereocenters. The first-order valence-corrected chi connectivity index (χ1v) is 10.8. The Morgan fingerprint density at radius 1 is 1.10 bits per heavy atom. The zero-order valence-electron chi connectivity index (χ0n) is 16.2. The lowest BCUT2D eigenvalue weighted by Crippen LogP contribution is -2.44. The van der Waals surface area contributed by atoms with Gasteiger partial charge in [-0.05, 0) is 55.0 Å². The fourth-order valence-electron chi connectivity index (χ4n) is 3.58. The number of hydrogen-bond acceptors (Lipinski definition) is 5. The Kier molecular flexibility index (Phi) is 5.72. The van der Waals surface area contributed by atoms with Crippen LogP contribution in [-0.2, 0) is 9.59 Å². The van der Waals surface area contributed by atoms with E-state index < -0.39 is 6.04 Å². The first-order valence-electron chi connectivity index (χ1n) is 9.67. The van der Waals surface area contributed by atoms with Crippen LogP contribution < -0.4 is 10.2 Å². The van der Waals surface area contributed by atoms with Gasteiger partial charge < -0.3 is 15.1 Å². The molecule has 0 bridgehead atoms. The lowest BCUT2D eigenvalue weighted by Gasteiger charge is -2.23. The van der Waals surface area contributed by atoms with Crippen molar-refractivity contribution in [2.45, 2.75) is 18.9 Å². The number of carbonyl (C=O) groups excluding carboxylic acids is 3. The van der Waals surface area contributed by atoms with Crippen LogP contribution in [0.4, 0.5) is 11.4 Å². The molecule has 2 aliphatic rings. The Hall–Kier alpha value is -3.31. The molecule has 30 heavy (non-hydrogen) atoms. The van der Waals surface area contributed by atoms with E-state index in [0.29, 0.717) is 41.4 Å². The lowest BCUT2D eigenvalue weighted by molar-refractivity contribution is -0.119. The molecule has 2 saturated heterocycles. The van der Waals surface area contributed by atoms with Gasteiger partial charge in [0.05, 0.1) is 17.5 Å². The molecule has 0 saturated carbocycles. The summed E-state index contributed by atoms with van der Waals surface area (Å²) in [4.78, 5) is 41.0. The van der Waals surface area contributed by atoms with Crippen molar-refractivity contribution in [1.82, 2.24) is 4.90 Å². The molecule has 2 aliphatic heterocycles. The Morgan fingerprint density at radius 3 is 2.47 bits per heavy atom. The fourth-order valence-corrected chi connectivity index (χ4v) is 4.74. The second-order valence-corrected chi connectivity index (χ2v) is 8.16. The number of hydrogen-bond donors (Lipinski definition) is 1. The molecule has 8 heteroatoms. The van der Waals surface area contributed by atoms with E-state index in [9.17, 15) is 14.4 Å². The predicted molar refractivity (Wildman–Crippen MR) is 115 cm³/mol. The summed E-state index contributed by atoms with van der Waals surface area (Å²) in [6.07, 6.45) is 1.41. The van der Waals surface area contributed by atoms with Crippen LogP contribution in [0, 0.1) is 11.3 Å². The van der Waals surface area contributed by atoms with Gasteiger partial charge in [0.15, 0.2) is 0 Å². The van der Waals surface area contributed by atoms with E-state index in [1.165, 1.54) is 11.8 Å². The number of amides is 3. The van der Waals surface area contributed by atoms with Gasteiger partial charge in [-0.1, -0.05) is 0 Å². The molecule has 0 spiro atoms. The normalized spacial score (nSPS) is 18.4. The number of rotatable bonds is 4. The number of thioether (sulfide) groups is 1. The first kappa shape index (κ1) is 20.0. The Balaban J connectivity index is 1.44. The molecule has 2 fully saturated rings. The van der Waals surface area contributed by atoms with Crippen molar-refractivity contribution in [2.75, 3.05) is 28.4 Å². The van der Waals surface area contributed by atoms with Crippen molar-refractivity contribution in [3.63, 3.8) is 0 Å². The molecule has 7 nitrogen and oxygen atoms in total. The van der Waals surface area contributed by atoms with Crippen LogP contribution in [0.5, 0.6) is 0 Å². The van der Waals surface area contributed by atoms with Gasteiger partial charge in [-0.15, -0.1) is 11.8 Å². The third-order valence-electron chi connectivity index (χ3n) is 5.23. The summed E-state index contributed by atoms with van der Waals surface area (Å²) in [6.45, 7) is 0.701. The van der Waals surface area contributed by atoms with Gasteiger partial charge in [-0.3, -0.25) is 14.4 Å². The Morgan fingerprint density at radius 2 is 1.83 bits per heavy atom. The van der Waals surface area contributed by atoms with E-state index in [2.05, 4.69) is 5.32 Å². The predicted octanol–water partition coefficient (Wildman–Crippen LogP) is 2.84. The number of carbonyl (C=O) groups is 3. The summed E-state index contributed by atoms with van der Waals surface area (Å²) < 4.78 is 0. The summed E-state index contributed by atoms with van der Waals surface area (Å²) >= 11 is 1.53. The summed E-state index contributed by atoms with van der Waals surface area (Å²) in [5, 5.41) is 11.7. The number of nitrogens with one attached hydrogen (secondary N) is 1. The highest BCUT2D eigenvalue weighted by molar-refractivity contribution is 7.99. The monoisotopic (exact) mass is 420 g/mol. The molecular weight excluding hydrogens is 400 g/mol. The van der Waals surface area contributed by atoms with Crippen LogP contribution in [0.1, 0.15) is 28.8 Å². The lowest BCUT2D eigenvalue weighted by atomic mass is 10.1. The molecular formula is C22H20N4O3S. The van der Waals surface area contributed by atoms with E-state index in [4.69, 9.17) is 5.26 Å². The van der Waals surface area contributed by atoms with Crippen molar-refractivity contribution in [3.8, 4) is 6.07 Å². The standard InChI is InChI=1S/C22H20N4O3S/c23-12-15-3-7-17(8-4-15)24-21(28)19-13-30-14-26(19)22(29)16-5-9-18(10-6-16)25-11-1-2-20(25)27/h3-10,19H,1-2,11,13-14H2,(H,24,28). The maximum absolute atomic E-state index is 13.0. The molecule has 0 aromatic heterocycles. The number of nitriles is 1. The second kappa shape index (κ2) is 8.59. The SMILES string of the molecule is N#Cc1ccc(NC(=O)C2CSCN2C(=O)c2ccc(N3CCCC3=O)cc2)cc1. The van der Waals surface area contributed by atoms with E-state index >= 15 is 0 Å². The van der Waals surface area contributed by atoms with Crippen LogP contribution in [0.25, 0.3) is 0 Å². The Bertz CT molecular complexity index is 1010. The van der Waals surface area contributed by atoms with Crippen LogP contribution in [0.15, 0.2) is 48.5 Å². The van der Waals surface area contributed by atoms with Crippen LogP contribution in [0.2, 0.25) is 0 Å². The molecule has 2 aromatic carbocycles. The van der Waals surface area contributed by atoms with Gasteiger partial charge in [0, 0.05) is 35.7 Å². The van der Waals surface area contributed by atoms with Crippen molar-refractivity contribution in [1.29, 1.82) is 5.26 Å². The largest absolute Gasteiger partial charge is 0.324 e. The third-order valence-corrected chi connectivity index (χ3v) is 6.24. The minimum atomic E-state index is -0.571. The van der Waals surface area contributed by atoms with Crippen molar-refractivity contribution in [3.05, 3.63) is 59.7 Å². The molecule has 3 amide bonds. The fraction of sp³-hybridized carbons (Fsp3) is 0.273. The van der Waals surface area contributed by atoms with E-state index in [0.717, 1.165) is 12.1 Å². The number of nitrogens with zero attached hydrogens (tertiary/aromatic N) is 3. The average Bonchev–Trinajstić information content (AvgIpc) is 3.43. The second-order valence-electron chi connectivity index (χ2n) is 7.16. The van der Waals surface area contributed by atoms with Gasteiger partial charge in [0.1, 0.15) is 6.04 Å². The molecule has 4 rings (SSSR count). The zero-order chi connectivity index (χ0) is 21.1. The van der Waals surface area contributed by atoms with Crippen LogP contribution in [-0.4, -0.2) is 46.8 Å². The van der Waals surface area contributed by atoms with Crippen LogP contribution >= 0.6 is 11.8 Å². The topological polar surface area (TPSA) is 93.5 Å². The van der Waals surface area contributed by atoms with Crippen LogP contribution in [0.3, 0.4) is 0 Å². The molecule has 0 aliphatic carbocycles.